The van der Waals surface area contributed by atoms with Crippen LogP contribution in [0.15, 0.2) is 62.6 Å². The normalized spacial score (nSPS) is 11.3. The number of methoxy groups -OCH3 is 1. The Labute approximate surface area is 156 Å². The van der Waals surface area contributed by atoms with Gasteiger partial charge in [0.25, 0.3) is 0 Å². The van der Waals surface area contributed by atoms with Gasteiger partial charge in [0, 0.05) is 25.2 Å². The molecule has 2 aromatic carbocycles. The molecule has 0 heterocycles. The number of benzene rings is 2. The van der Waals surface area contributed by atoms with E-state index in [0.717, 1.165) is 31.4 Å². The Morgan fingerprint density at radius 3 is 2.70 bits per heavy atom. The summed E-state index contributed by atoms with van der Waals surface area (Å²) in [4.78, 5) is 12.7. The van der Waals surface area contributed by atoms with Gasteiger partial charge in [-0.3, -0.25) is 0 Å². The van der Waals surface area contributed by atoms with Gasteiger partial charge in [-0.25, -0.2) is 4.79 Å². The molecule has 0 saturated heterocycles. The highest BCUT2D eigenvalue weighted by molar-refractivity contribution is 9.11. The summed E-state index contributed by atoms with van der Waals surface area (Å²) in [5.74, 6) is 0.154. The molecule has 2 aromatic rings. The highest BCUT2D eigenvalue weighted by atomic mass is 79.9. The van der Waals surface area contributed by atoms with Gasteiger partial charge in [-0.15, -0.1) is 11.8 Å². The van der Waals surface area contributed by atoms with E-state index in [1.54, 1.807) is 17.8 Å². The molecule has 23 heavy (non-hydrogen) atoms. The summed E-state index contributed by atoms with van der Waals surface area (Å²) in [6, 6.07) is 13.4. The molecule has 0 amide bonds. The van der Waals surface area contributed by atoms with Crippen molar-refractivity contribution >= 4 is 55.2 Å². The molecule has 0 aromatic heterocycles. The van der Waals surface area contributed by atoms with Crippen LogP contribution in [0.1, 0.15) is 11.1 Å². The Hall–Kier alpha value is -1.24. The molecule has 2 rings (SSSR count). The van der Waals surface area contributed by atoms with Crippen LogP contribution in [0.4, 0.5) is 0 Å². The van der Waals surface area contributed by atoms with Gasteiger partial charge in [-0.2, -0.15) is 0 Å². The molecule has 6 heteroatoms. The van der Waals surface area contributed by atoms with Crippen LogP contribution in [0, 0.1) is 0 Å². The first-order valence-electron chi connectivity index (χ1n) is 6.65. The number of carbonyl (C=O) groups excluding carboxylic acids is 1. The van der Waals surface area contributed by atoms with Crippen molar-refractivity contribution in [2.45, 2.75) is 10.6 Å². The largest absolute Gasteiger partial charge is 0.515 e. The van der Waals surface area contributed by atoms with E-state index in [-0.39, 0.29) is 5.57 Å². The average molecular weight is 458 g/mol. The first-order valence-corrected chi connectivity index (χ1v) is 9.22. The molecule has 0 radical (unpaired) electrons. The van der Waals surface area contributed by atoms with Gasteiger partial charge in [-0.1, -0.05) is 50.1 Å². The number of aliphatic hydroxyl groups is 1. The molecule has 0 atom stereocenters. The third-order valence-electron chi connectivity index (χ3n) is 3.10. The average Bonchev–Trinajstić information content (AvgIpc) is 2.57. The number of thioether (sulfide) groups is 1. The number of carbonyl (C=O) groups is 1. The number of hydrogen-bond acceptors (Lipinski definition) is 4. The smallest absolute Gasteiger partial charge is 0.341 e. The van der Waals surface area contributed by atoms with Crippen LogP contribution >= 0.6 is 43.6 Å². The summed E-state index contributed by atoms with van der Waals surface area (Å²) < 4.78 is 6.75. The van der Waals surface area contributed by atoms with E-state index in [9.17, 15) is 9.90 Å². The molecule has 0 aliphatic carbocycles. The summed E-state index contributed by atoms with van der Waals surface area (Å²) in [6.45, 7) is 0. The van der Waals surface area contributed by atoms with E-state index in [1.807, 2.05) is 36.4 Å². The number of ether oxygens (including phenoxy) is 1. The van der Waals surface area contributed by atoms with Gasteiger partial charge < -0.3 is 9.84 Å². The summed E-state index contributed by atoms with van der Waals surface area (Å²) in [6.07, 6.45) is 0.792. The molecule has 0 unspecified atom stereocenters. The van der Waals surface area contributed by atoms with Crippen molar-refractivity contribution in [3.05, 3.63) is 68.8 Å². The van der Waals surface area contributed by atoms with Gasteiger partial charge in [0.15, 0.2) is 0 Å². The first kappa shape index (κ1) is 18.1. The number of aliphatic hydroxyl groups excluding tert-OH is 1. The Morgan fingerprint density at radius 1 is 1.26 bits per heavy atom. The van der Waals surface area contributed by atoms with Gasteiger partial charge >= 0.3 is 5.97 Å². The van der Waals surface area contributed by atoms with E-state index in [1.165, 1.54) is 7.11 Å². The summed E-state index contributed by atoms with van der Waals surface area (Å²) in [7, 11) is 1.29. The number of rotatable bonds is 5. The Kier molecular flexibility index (Phi) is 6.74. The van der Waals surface area contributed by atoms with Crippen molar-refractivity contribution in [1.29, 1.82) is 0 Å². The fraction of sp³-hybridized carbons (Fsp3) is 0.118. The minimum Gasteiger partial charge on any atom is -0.515 e. The van der Waals surface area contributed by atoms with Crippen LogP contribution in [0.3, 0.4) is 0 Å². The lowest BCUT2D eigenvalue weighted by Gasteiger charge is -2.11. The summed E-state index contributed by atoms with van der Waals surface area (Å²) in [5, 5.41) is 9.39. The molecule has 0 aliphatic rings. The lowest BCUT2D eigenvalue weighted by atomic mass is 10.1. The van der Waals surface area contributed by atoms with E-state index in [4.69, 9.17) is 4.74 Å². The standard InChI is InChI=1S/C17H14Br2O3S/c1-22-17(21)14(9-20)13-4-2-3-5-16(13)23-10-11-8-12(18)6-7-15(11)19/h2-9,20H,10H2,1H3/b14-9+. The predicted octanol–water partition coefficient (Wildman–Crippen LogP) is 5.58. The monoisotopic (exact) mass is 456 g/mol. The fourth-order valence-corrected chi connectivity index (χ4v) is 4.01. The van der Waals surface area contributed by atoms with Crippen molar-refractivity contribution in [2.24, 2.45) is 0 Å². The minimum atomic E-state index is -0.566. The van der Waals surface area contributed by atoms with E-state index in [0.29, 0.717) is 5.56 Å². The molecule has 0 saturated carbocycles. The molecule has 3 nitrogen and oxygen atoms in total. The fourth-order valence-electron chi connectivity index (χ4n) is 1.97. The van der Waals surface area contributed by atoms with Crippen LogP contribution in [-0.2, 0) is 15.3 Å². The van der Waals surface area contributed by atoms with Crippen molar-refractivity contribution in [2.75, 3.05) is 7.11 Å². The van der Waals surface area contributed by atoms with Crippen molar-refractivity contribution < 1.29 is 14.6 Å². The lowest BCUT2D eigenvalue weighted by Crippen LogP contribution is -2.05. The third kappa shape index (κ3) is 4.62. The van der Waals surface area contributed by atoms with Crippen molar-refractivity contribution in [3.8, 4) is 0 Å². The zero-order valence-corrected chi connectivity index (χ0v) is 16.2. The van der Waals surface area contributed by atoms with Gasteiger partial charge in [0.2, 0.25) is 0 Å². The molecule has 0 spiro atoms. The van der Waals surface area contributed by atoms with Gasteiger partial charge in [0.1, 0.15) is 5.57 Å². The van der Waals surface area contributed by atoms with E-state index in [2.05, 4.69) is 31.9 Å². The zero-order chi connectivity index (χ0) is 16.8. The van der Waals surface area contributed by atoms with Crippen molar-refractivity contribution in [3.63, 3.8) is 0 Å². The predicted molar refractivity (Wildman–Crippen MR) is 100 cm³/mol. The molecular weight excluding hydrogens is 444 g/mol. The van der Waals surface area contributed by atoms with Crippen LogP contribution in [0.25, 0.3) is 5.57 Å². The van der Waals surface area contributed by atoms with E-state index < -0.39 is 5.97 Å². The second kappa shape index (κ2) is 8.57. The number of halogens is 2. The molecule has 0 fully saturated rings. The summed E-state index contributed by atoms with van der Waals surface area (Å²) in [5.41, 5.74) is 1.92. The highest BCUT2D eigenvalue weighted by Crippen LogP contribution is 2.33. The zero-order valence-electron chi connectivity index (χ0n) is 12.3. The highest BCUT2D eigenvalue weighted by Gasteiger charge is 2.16. The Balaban J connectivity index is 2.27. The van der Waals surface area contributed by atoms with Crippen LogP contribution < -0.4 is 0 Å². The molecule has 0 aliphatic heterocycles. The van der Waals surface area contributed by atoms with Crippen LogP contribution in [0.5, 0.6) is 0 Å². The Bertz CT molecular complexity index is 744. The Morgan fingerprint density at radius 2 is 2.00 bits per heavy atom. The SMILES string of the molecule is COC(=O)/C(=C/O)c1ccccc1SCc1cc(Br)ccc1Br. The first-order chi connectivity index (χ1) is 11.1. The number of esters is 1. The maximum Gasteiger partial charge on any atom is 0.341 e. The van der Waals surface area contributed by atoms with Gasteiger partial charge in [-0.05, 0) is 29.8 Å². The third-order valence-corrected chi connectivity index (χ3v) is 5.49. The quantitative estimate of drug-likeness (QED) is 0.275. The van der Waals surface area contributed by atoms with Crippen LogP contribution in [-0.4, -0.2) is 18.2 Å². The molecule has 1 N–H and O–H groups in total. The minimum absolute atomic E-state index is 0.143. The number of hydrogen-bond donors (Lipinski definition) is 1. The second-order valence-electron chi connectivity index (χ2n) is 4.55. The van der Waals surface area contributed by atoms with Crippen molar-refractivity contribution in [1.82, 2.24) is 0 Å². The molecule has 0 bridgehead atoms. The molecular formula is C17H14Br2O3S. The topological polar surface area (TPSA) is 46.5 Å². The second-order valence-corrected chi connectivity index (χ2v) is 7.34. The maximum atomic E-state index is 11.8. The maximum absolute atomic E-state index is 11.8. The molecule has 120 valence electrons. The lowest BCUT2D eigenvalue weighted by molar-refractivity contribution is -0.133. The van der Waals surface area contributed by atoms with E-state index >= 15 is 0 Å². The van der Waals surface area contributed by atoms with Gasteiger partial charge in [0.05, 0.1) is 13.4 Å². The van der Waals surface area contributed by atoms with Crippen LogP contribution in [0.2, 0.25) is 0 Å². The summed E-state index contributed by atoms with van der Waals surface area (Å²) >= 11 is 8.59.